The number of aryl methyl sites for hydroxylation is 2. The highest BCUT2D eigenvalue weighted by Crippen LogP contribution is 2.20. The molecular formula is C21H24N4O. The van der Waals surface area contributed by atoms with Gasteiger partial charge in [-0.15, -0.1) is 5.10 Å². The Morgan fingerprint density at radius 1 is 1.04 bits per heavy atom. The maximum Gasteiger partial charge on any atom is 0.274 e. The molecule has 4 rings (SSSR count). The van der Waals surface area contributed by atoms with Crippen LogP contribution in [0, 0.1) is 0 Å². The summed E-state index contributed by atoms with van der Waals surface area (Å²) in [6.45, 7) is 4.19. The van der Waals surface area contributed by atoms with Gasteiger partial charge in [-0.05, 0) is 36.5 Å². The van der Waals surface area contributed by atoms with Gasteiger partial charge in [-0.1, -0.05) is 42.5 Å². The van der Waals surface area contributed by atoms with Crippen LogP contribution in [0.3, 0.4) is 0 Å². The Hall–Kier alpha value is -2.53. The lowest BCUT2D eigenvalue weighted by Crippen LogP contribution is -2.48. The van der Waals surface area contributed by atoms with Gasteiger partial charge in [-0.2, -0.15) is 5.10 Å². The number of hydrogen-bond acceptors (Lipinski definition) is 4. The summed E-state index contributed by atoms with van der Waals surface area (Å²) in [6, 6.07) is 12.3. The van der Waals surface area contributed by atoms with Crippen LogP contribution in [0.2, 0.25) is 0 Å². The number of nitrogens with zero attached hydrogens (tertiary/aromatic N) is 4. The molecule has 2 aromatic rings. The minimum Gasteiger partial charge on any atom is -0.335 e. The van der Waals surface area contributed by atoms with Crippen LogP contribution in [0.5, 0.6) is 0 Å². The number of carbonyl (C=O) groups excluding carboxylic acids is 1. The fraction of sp³-hybridized carbons (Fsp3) is 0.381. The Bertz CT molecular complexity index is 795. The van der Waals surface area contributed by atoms with Crippen molar-refractivity contribution in [3.05, 3.63) is 65.0 Å². The van der Waals surface area contributed by atoms with Crippen molar-refractivity contribution >= 4 is 12.0 Å². The average molecular weight is 348 g/mol. The molecule has 0 radical (unpaired) electrons. The first-order valence-corrected chi connectivity index (χ1v) is 9.38. The summed E-state index contributed by atoms with van der Waals surface area (Å²) in [4.78, 5) is 17.0. The van der Waals surface area contributed by atoms with Gasteiger partial charge < -0.3 is 4.90 Å². The fourth-order valence-corrected chi connectivity index (χ4v) is 3.63. The summed E-state index contributed by atoms with van der Waals surface area (Å²) in [6.07, 6.45) is 7.48. The van der Waals surface area contributed by atoms with Crippen LogP contribution in [0.15, 0.2) is 42.5 Å². The molecule has 1 aliphatic heterocycles. The van der Waals surface area contributed by atoms with Crippen molar-refractivity contribution in [2.75, 3.05) is 32.7 Å². The van der Waals surface area contributed by atoms with Crippen LogP contribution >= 0.6 is 0 Å². The third-order valence-corrected chi connectivity index (χ3v) is 5.17. The van der Waals surface area contributed by atoms with Gasteiger partial charge in [0.25, 0.3) is 5.91 Å². The Morgan fingerprint density at radius 2 is 1.85 bits per heavy atom. The molecule has 1 aliphatic carbocycles. The number of hydrogen-bond donors (Lipinski definition) is 0. The van der Waals surface area contributed by atoms with E-state index in [2.05, 4.69) is 39.4 Å². The molecule has 0 bridgehead atoms. The number of aromatic nitrogens is 2. The van der Waals surface area contributed by atoms with E-state index in [1.165, 1.54) is 11.1 Å². The van der Waals surface area contributed by atoms with Gasteiger partial charge in [0, 0.05) is 32.7 Å². The van der Waals surface area contributed by atoms with Crippen LogP contribution in [0.25, 0.3) is 6.08 Å². The van der Waals surface area contributed by atoms with Gasteiger partial charge in [0.1, 0.15) is 0 Å². The quantitative estimate of drug-likeness (QED) is 0.852. The van der Waals surface area contributed by atoms with Crippen molar-refractivity contribution < 1.29 is 4.79 Å². The molecule has 0 atom stereocenters. The molecule has 0 saturated carbocycles. The first-order valence-electron chi connectivity index (χ1n) is 9.38. The molecule has 2 aliphatic rings. The third kappa shape index (κ3) is 3.83. The van der Waals surface area contributed by atoms with Gasteiger partial charge >= 0.3 is 0 Å². The van der Waals surface area contributed by atoms with E-state index in [-0.39, 0.29) is 5.91 Å². The second kappa shape index (κ2) is 7.79. The summed E-state index contributed by atoms with van der Waals surface area (Å²) < 4.78 is 0. The molecule has 2 heterocycles. The number of rotatable bonds is 4. The predicted octanol–water partition coefficient (Wildman–Crippen LogP) is 2.44. The maximum atomic E-state index is 12.7. The van der Waals surface area contributed by atoms with Crippen LogP contribution in [0.4, 0.5) is 0 Å². The predicted molar refractivity (Wildman–Crippen MR) is 102 cm³/mol. The van der Waals surface area contributed by atoms with E-state index < -0.39 is 0 Å². The van der Waals surface area contributed by atoms with Crippen LogP contribution < -0.4 is 0 Å². The molecule has 0 unspecified atom stereocenters. The molecule has 5 nitrogen and oxygen atoms in total. The zero-order valence-electron chi connectivity index (χ0n) is 15.0. The molecule has 0 spiro atoms. The number of carbonyl (C=O) groups is 1. The summed E-state index contributed by atoms with van der Waals surface area (Å²) >= 11 is 0. The molecule has 26 heavy (non-hydrogen) atoms. The molecule has 134 valence electrons. The highest BCUT2D eigenvalue weighted by molar-refractivity contribution is 5.92. The number of amides is 1. The smallest absolute Gasteiger partial charge is 0.274 e. The van der Waals surface area contributed by atoms with Crippen molar-refractivity contribution in [2.24, 2.45) is 0 Å². The third-order valence-electron chi connectivity index (χ3n) is 5.17. The second-order valence-electron chi connectivity index (χ2n) is 6.96. The number of benzene rings is 1. The lowest BCUT2D eigenvalue weighted by Gasteiger charge is -2.33. The lowest BCUT2D eigenvalue weighted by molar-refractivity contribution is 0.0643. The Kier molecular flexibility index (Phi) is 5.07. The van der Waals surface area contributed by atoms with Gasteiger partial charge in [-0.25, -0.2) is 0 Å². The lowest BCUT2D eigenvalue weighted by atomic mass is 10.2. The van der Waals surface area contributed by atoms with E-state index in [0.717, 1.165) is 57.7 Å². The minimum atomic E-state index is 0.0201. The minimum absolute atomic E-state index is 0.0201. The van der Waals surface area contributed by atoms with Gasteiger partial charge in [-0.3, -0.25) is 9.69 Å². The molecule has 1 fully saturated rings. The highest BCUT2D eigenvalue weighted by atomic mass is 16.2. The zero-order valence-corrected chi connectivity index (χ0v) is 15.0. The van der Waals surface area contributed by atoms with E-state index >= 15 is 0 Å². The SMILES string of the molecule is O=C(c1cc2c(nn1)CCC2)N1CCN(CC=Cc2ccccc2)CC1. The summed E-state index contributed by atoms with van der Waals surface area (Å²) in [5, 5.41) is 8.40. The van der Waals surface area contributed by atoms with E-state index in [1.807, 2.05) is 29.2 Å². The normalized spacial score (nSPS) is 17.6. The largest absolute Gasteiger partial charge is 0.335 e. The number of fused-ring (bicyclic) bond motifs is 1. The maximum absolute atomic E-state index is 12.7. The van der Waals surface area contributed by atoms with Crippen LogP contribution in [-0.2, 0) is 12.8 Å². The van der Waals surface area contributed by atoms with Gasteiger partial charge in [0.2, 0.25) is 0 Å². The van der Waals surface area contributed by atoms with E-state index in [1.54, 1.807) is 0 Å². The van der Waals surface area contributed by atoms with Crippen LogP contribution in [0.1, 0.15) is 33.7 Å². The first kappa shape index (κ1) is 16.9. The van der Waals surface area contributed by atoms with Crippen molar-refractivity contribution in [2.45, 2.75) is 19.3 Å². The second-order valence-corrected chi connectivity index (χ2v) is 6.96. The fourth-order valence-electron chi connectivity index (χ4n) is 3.63. The first-order chi connectivity index (χ1) is 12.8. The van der Waals surface area contributed by atoms with Crippen molar-refractivity contribution in [3.63, 3.8) is 0 Å². The summed E-state index contributed by atoms with van der Waals surface area (Å²) in [5.74, 6) is 0.0201. The highest BCUT2D eigenvalue weighted by Gasteiger charge is 2.24. The topological polar surface area (TPSA) is 49.3 Å². The molecule has 1 saturated heterocycles. The Morgan fingerprint density at radius 3 is 2.65 bits per heavy atom. The van der Waals surface area contributed by atoms with E-state index in [9.17, 15) is 4.79 Å². The van der Waals surface area contributed by atoms with Crippen molar-refractivity contribution in [3.8, 4) is 0 Å². The molecule has 5 heteroatoms. The average Bonchev–Trinajstić information content (AvgIpc) is 3.17. The Labute approximate surface area is 154 Å². The molecule has 1 amide bonds. The van der Waals surface area contributed by atoms with Crippen LogP contribution in [-0.4, -0.2) is 58.6 Å². The zero-order chi connectivity index (χ0) is 17.8. The van der Waals surface area contributed by atoms with Gasteiger partial charge in [0.15, 0.2) is 5.69 Å². The molecule has 1 aromatic carbocycles. The standard InChI is InChI=1S/C21H24N4O/c26-21(20-16-18-9-4-10-19(18)22-23-20)25-14-12-24(13-15-25)11-5-8-17-6-2-1-3-7-17/h1-3,5-8,16H,4,9-15H2. The summed E-state index contributed by atoms with van der Waals surface area (Å²) in [7, 11) is 0. The summed E-state index contributed by atoms with van der Waals surface area (Å²) in [5.41, 5.74) is 3.99. The molecular weight excluding hydrogens is 324 g/mol. The van der Waals surface area contributed by atoms with Crippen molar-refractivity contribution in [1.29, 1.82) is 0 Å². The number of piperazine rings is 1. The monoisotopic (exact) mass is 348 g/mol. The molecule has 1 aromatic heterocycles. The van der Waals surface area contributed by atoms with E-state index in [4.69, 9.17) is 0 Å². The van der Waals surface area contributed by atoms with Gasteiger partial charge in [0.05, 0.1) is 5.69 Å². The van der Waals surface area contributed by atoms with Crippen molar-refractivity contribution in [1.82, 2.24) is 20.0 Å². The Balaban J connectivity index is 1.29. The molecule has 0 N–H and O–H groups in total. The van der Waals surface area contributed by atoms with E-state index in [0.29, 0.717) is 5.69 Å².